The van der Waals surface area contributed by atoms with Crippen LogP contribution in [0.15, 0.2) is 36.7 Å². The first-order chi connectivity index (χ1) is 13.1. The van der Waals surface area contributed by atoms with E-state index in [-0.39, 0.29) is 12.0 Å². The summed E-state index contributed by atoms with van der Waals surface area (Å²) in [7, 11) is 1.87. The highest BCUT2D eigenvalue weighted by Crippen LogP contribution is 2.26. The topological polar surface area (TPSA) is 78.3 Å². The normalized spacial score (nSPS) is 15.0. The Morgan fingerprint density at radius 2 is 2.11 bits per heavy atom. The van der Waals surface area contributed by atoms with Gasteiger partial charge in [-0.15, -0.1) is 0 Å². The summed E-state index contributed by atoms with van der Waals surface area (Å²) in [5.41, 5.74) is 2.04. The molecule has 1 aromatic carbocycles. The second kappa shape index (κ2) is 7.54. The molecule has 0 spiro atoms. The van der Waals surface area contributed by atoms with Gasteiger partial charge < -0.3 is 14.8 Å². The molecular formula is C19H19ClN4O3. The number of nitrogens with zero attached hydrogens (tertiary/aromatic N) is 3. The van der Waals surface area contributed by atoms with Crippen LogP contribution in [-0.2, 0) is 11.8 Å². The van der Waals surface area contributed by atoms with Crippen molar-refractivity contribution in [2.24, 2.45) is 7.05 Å². The van der Waals surface area contributed by atoms with Crippen molar-refractivity contribution in [3.05, 3.63) is 47.2 Å². The van der Waals surface area contributed by atoms with E-state index >= 15 is 0 Å². The Morgan fingerprint density at radius 1 is 1.30 bits per heavy atom. The summed E-state index contributed by atoms with van der Waals surface area (Å²) in [6.07, 6.45) is 4.87. The van der Waals surface area contributed by atoms with Crippen LogP contribution in [0.1, 0.15) is 23.2 Å². The number of aromatic nitrogens is 3. The number of hydrogen-bond acceptors (Lipinski definition) is 5. The van der Waals surface area contributed by atoms with Crippen molar-refractivity contribution < 1.29 is 14.3 Å². The molecule has 0 bridgehead atoms. The van der Waals surface area contributed by atoms with Crippen molar-refractivity contribution >= 4 is 34.1 Å². The molecule has 0 saturated carbocycles. The molecule has 140 valence electrons. The molecule has 2 aromatic heterocycles. The number of amides is 1. The molecule has 1 aliphatic rings. The highest BCUT2D eigenvalue weighted by atomic mass is 35.5. The molecule has 1 aliphatic heterocycles. The number of fused-ring (bicyclic) bond motifs is 1. The first-order valence-electron chi connectivity index (χ1n) is 8.73. The maximum Gasteiger partial charge on any atom is 0.257 e. The van der Waals surface area contributed by atoms with Crippen LogP contribution in [0.3, 0.4) is 0 Å². The Bertz CT molecular complexity index is 982. The zero-order valence-electron chi connectivity index (χ0n) is 14.8. The summed E-state index contributed by atoms with van der Waals surface area (Å²) in [4.78, 5) is 16.7. The van der Waals surface area contributed by atoms with Gasteiger partial charge in [-0.25, -0.2) is 4.98 Å². The zero-order valence-corrected chi connectivity index (χ0v) is 15.6. The van der Waals surface area contributed by atoms with Gasteiger partial charge in [0, 0.05) is 37.2 Å². The number of halogens is 1. The number of rotatable bonds is 4. The molecular weight excluding hydrogens is 368 g/mol. The number of hydrogen-bond donors (Lipinski definition) is 1. The van der Waals surface area contributed by atoms with E-state index in [1.807, 2.05) is 25.2 Å². The summed E-state index contributed by atoms with van der Waals surface area (Å²) < 4.78 is 12.9. The first-order valence-corrected chi connectivity index (χ1v) is 9.11. The van der Waals surface area contributed by atoms with Gasteiger partial charge in [-0.3, -0.25) is 9.48 Å². The highest BCUT2D eigenvalue weighted by molar-refractivity contribution is 6.32. The van der Waals surface area contributed by atoms with E-state index in [2.05, 4.69) is 15.4 Å². The first kappa shape index (κ1) is 17.8. The Kier molecular flexibility index (Phi) is 4.96. The quantitative estimate of drug-likeness (QED) is 0.743. The summed E-state index contributed by atoms with van der Waals surface area (Å²) in [6.45, 7) is 1.34. The summed E-state index contributed by atoms with van der Waals surface area (Å²) in [6, 6.07) is 7.19. The molecule has 1 saturated heterocycles. The van der Waals surface area contributed by atoms with Gasteiger partial charge in [-0.1, -0.05) is 11.6 Å². The summed E-state index contributed by atoms with van der Waals surface area (Å²) >= 11 is 6.27. The fourth-order valence-corrected chi connectivity index (χ4v) is 3.24. The van der Waals surface area contributed by atoms with Crippen molar-refractivity contribution in [1.82, 2.24) is 14.8 Å². The second-order valence-corrected chi connectivity index (χ2v) is 6.84. The predicted molar refractivity (Wildman–Crippen MR) is 102 cm³/mol. The van der Waals surface area contributed by atoms with Crippen molar-refractivity contribution in [3.63, 3.8) is 0 Å². The van der Waals surface area contributed by atoms with Crippen molar-refractivity contribution in [2.75, 3.05) is 18.5 Å². The summed E-state index contributed by atoms with van der Waals surface area (Å²) in [5, 5.41) is 8.32. The third-order valence-electron chi connectivity index (χ3n) is 4.52. The van der Waals surface area contributed by atoms with Gasteiger partial charge >= 0.3 is 0 Å². The second-order valence-electron chi connectivity index (χ2n) is 6.44. The molecule has 1 N–H and O–H groups in total. The fourth-order valence-electron chi connectivity index (χ4n) is 3.03. The van der Waals surface area contributed by atoms with E-state index in [9.17, 15) is 4.79 Å². The molecule has 0 aliphatic carbocycles. The average molecular weight is 387 g/mol. The van der Waals surface area contributed by atoms with Gasteiger partial charge in [-0.2, -0.15) is 5.10 Å². The number of anilines is 1. The number of pyridine rings is 1. The van der Waals surface area contributed by atoms with Crippen molar-refractivity contribution in [3.8, 4) is 5.88 Å². The number of carbonyl (C=O) groups is 1. The molecule has 3 aromatic rings. The average Bonchev–Trinajstić information content (AvgIpc) is 3.04. The molecule has 1 amide bonds. The smallest absolute Gasteiger partial charge is 0.257 e. The number of ether oxygens (including phenoxy) is 2. The van der Waals surface area contributed by atoms with Gasteiger partial charge in [0.2, 0.25) is 5.88 Å². The van der Waals surface area contributed by atoms with E-state index in [4.69, 9.17) is 21.1 Å². The van der Waals surface area contributed by atoms with Crippen LogP contribution < -0.4 is 10.1 Å². The van der Waals surface area contributed by atoms with Gasteiger partial charge in [0.15, 0.2) is 0 Å². The molecule has 0 unspecified atom stereocenters. The van der Waals surface area contributed by atoms with E-state index in [0.717, 1.165) is 23.7 Å². The highest BCUT2D eigenvalue weighted by Gasteiger charge is 2.18. The molecule has 4 rings (SSSR count). The molecule has 1 fully saturated rings. The Morgan fingerprint density at radius 3 is 2.89 bits per heavy atom. The predicted octanol–water partition coefficient (Wildman–Crippen LogP) is 3.43. The van der Waals surface area contributed by atoms with Gasteiger partial charge in [0.25, 0.3) is 5.91 Å². The number of carbonyl (C=O) groups excluding carboxylic acids is 1. The molecule has 27 heavy (non-hydrogen) atoms. The number of aryl methyl sites for hydroxylation is 1. The van der Waals surface area contributed by atoms with Gasteiger partial charge in [-0.05, 0) is 24.3 Å². The van der Waals surface area contributed by atoms with Gasteiger partial charge in [0.1, 0.15) is 11.1 Å². The maximum atomic E-state index is 12.5. The fraction of sp³-hybridized carbons (Fsp3) is 0.316. The summed E-state index contributed by atoms with van der Waals surface area (Å²) in [5.74, 6) is 0.0575. The standard InChI is InChI=1S/C19H19ClN4O3/c1-24-17-3-2-14(8-12(17)11-22-24)23-18(25)13-9-16(20)19(21-10-13)27-15-4-6-26-7-5-15/h2-3,8-11,15H,4-7H2,1H3,(H,23,25). The Balaban J connectivity index is 1.46. The minimum Gasteiger partial charge on any atom is -0.473 e. The van der Waals surface area contributed by atoms with E-state index in [0.29, 0.717) is 35.4 Å². The molecule has 0 radical (unpaired) electrons. The van der Waals surface area contributed by atoms with Crippen LogP contribution >= 0.6 is 11.6 Å². The van der Waals surface area contributed by atoms with Gasteiger partial charge in [0.05, 0.1) is 30.5 Å². The monoisotopic (exact) mass is 386 g/mol. The lowest BCUT2D eigenvalue weighted by Crippen LogP contribution is -2.26. The van der Waals surface area contributed by atoms with Crippen LogP contribution in [0.4, 0.5) is 5.69 Å². The number of nitrogens with one attached hydrogen (secondary N) is 1. The minimum absolute atomic E-state index is 0.0367. The van der Waals surface area contributed by atoms with E-state index in [1.165, 1.54) is 6.20 Å². The maximum absolute atomic E-state index is 12.5. The van der Waals surface area contributed by atoms with Crippen LogP contribution in [0.25, 0.3) is 10.9 Å². The third-order valence-corrected chi connectivity index (χ3v) is 4.79. The molecule has 0 atom stereocenters. The largest absolute Gasteiger partial charge is 0.473 e. The lowest BCUT2D eigenvalue weighted by Gasteiger charge is -2.23. The van der Waals surface area contributed by atoms with Crippen LogP contribution in [-0.4, -0.2) is 40.0 Å². The van der Waals surface area contributed by atoms with Crippen molar-refractivity contribution in [1.29, 1.82) is 0 Å². The molecule has 7 nitrogen and oxygen atoms in total. The van der Waals surface area contributed by atoms with Crippen LogP contribution in [0, 0.1) is 0 Å². The van der Waals surface area contributed by atoms with E-state index < -0.39 is 0 Å². The minimum atomic E-state index is -0.287. The SMILES string of the molecule is Cn1ncc2cc(NC(=O)c3cnc(OC4CCOCC4)c(Cl)c3)ccc21. The van der Waals surface area contributed by atoms with Crippen LogP contribution in [0.5, 0.6) is 5.88 Å². The lowest BCUT2D eigenvalue weighted by molar-refractivity contribution is 0.0238. The van der Waals surface area contributed by atoms with E-state index in [1.54, 1.807) is 16.9 Å². The lowest BCUT2D eigenvalue weighted by atomic mass is 10.1. The van der Waals surface area contributed by atoms with Crippen LogP contribution in [0.2, 0.25) is 5.02 Å². The molecule has 3 heterocycles. The molecule has 8 heteroatoms. The Hall–Kier alpha value is -2.64. The number of benzene rings is 1. The Labute approximate surface area is 161 Å². The van der Waals surface area contributed by atoms with Crippen molar-refractivity contribution in [2.45, 2.75) is 18.9 Å². The third kappa shape index (κ3) is 3.89. The zero-order chi connectivity index (χ0) is 18.8.